The van der Waals surface area contributed by atoms with Gasteiger partial charge in [0, 0.05) is 19.3 Å². The minimum atomic E-state index is -1.68. The lowest BCUT2D eigenvalue weighted by Crippen LogP contribution is -2.60. The SMILES string of the molecule is NC(=O)C[C@H](NC(=O)[C@H](CO)NC(=O)CNC(=O)CNC(=O)[C@@H]1CCC(=O)N1)C(=O)N[C@@H](Cc1ccccc1)C(=O)N[C@@H](Cc1ccccc1)C(N)=O. The van der Waals surface area contributed by atoms with Crippen LogP contribution in [0.1, 0.15) is 30.4 Å². The summed E-state index contributed by atoms with van der Waals surface area (Å²) in [7, 11) is 0. The molecule has 19 heteroatoms. The van der Waals surface area contributed by atoms with E-state index in [1.165, 1.54) is 0 Å². The number of nitrogens with two attached hydrogens (primary N) is 2. The molecular weight excluding hydrogens is 694 g/mol. The van der Waals surface area contributed by atoms with Gasteiger partial charge in [0.25, 0.3) is 0 Å². The van der Waals surface area contributed by atoms with E-state index < -0.39 is 104 Å². The Hall–Kier alpha value is -6.37. The molecule has 1 aliphatic heterocycles. The molecule has 0 spiro atoms. The molecule has 5 atom stereocenters. The largest absolute Gasteiger partial charge is 0.394 e. The van der Waals surface area contributed by atoms with Crippen molar-refractivity contribution in [3.05, 3.63) is 71.8 Å². The van der Waals surface area contributed by atoms with Crippen LogP contribution in [0, 0.1) is 0 Å². The quantitative estimate of drug-likeness (QED) is 0.0619. The first-order valence-electron chi connectivity index (χ1n) is 16.6. The van der Waals surface area contributed by atoms with E-state index in [2.05, 4.69) is 37.2 Å². The number of aliphatic hydroxyl groups is 1. The highest BCUT2D eigenvalue weighted by Crippen LogP contribution is 2.08. The summed E-state index contributed by atoms with van der Waals surface area (Å²) in [6, 6.07) is 10.7. The number of hydrogen-bond acceptors (Lipinski definition) is 10. The zero-order chi connectivity index (χ0) is 38.9. The Morgan fingerprint density at radius 3 is 1.72 bits per heavy atom. The summed E-state index contributed by atoms with van der Waals surface area (Å²) < 4.78 is 0. The maximum atomic E-state index is 13.5. The third kappa shape index (κ3) is 14.0. The van der Waals surface area contributed by atoms with E-state index in [4.69, 9.17) is 11.5 Å². The molecule has 1 aliphatic rings. The monoisotopic (exact) mass is 737 g/mol. The summed E-state index contributed by atoms with van der Waals surface area (Å²) in [6.07, 6.45) is -0.304. The number of carbonyl (C=O) groups is 9. The second-order valence-electron chi connectivity index (χ2n) is 12.1. The number of aliphatic hydroxyl groups excluding tert-OH is 1. The van der Waals surface area contributed by atoms with Crippen LogP contribution in [0.5, 0.6) is 0 Å². The van der Waals surface area contributed by atoms with E-state index in [1.807, 2.05) is 0 Å². The van der Waals surface area contributed by atoms with Crippen LogP contribution in [0.25, 0.3) is 0 Å². The van der Waals surface area contributed by atoms with Crippen molar-refractivity contribution >= 4 is 53.2 Å². The minimum Gasteiger partial charge on any atom is -0.394 e. The number of amides is 9. The van der Waals surface area contributed by atoms with Crippen LogP contribution >= 0.6 is 0 Å². The molecule has 0 aliphatic carbocycles. The van der Waals surface area contributed by atoms with E-state index in [0.29, 0.717) is 11.1 Å². The number of nitrogens with one attached hydrogen (secondary N) is 7. The number of benzene rings is 2. The molecule has 9 amide bonds. The van der Waals surface area contributed by atoms with Gasteiger partial charge < -0.3 is 53.8 Å². The van der Waals surface area contributed by atoms with E-state index in [1.54, 1.807) is 60.7 Å². The van der Waals surface area contributed by atoms with Crippen LogP contribution in [0.4, 0.5) is 0 Å². The van der Waals surface area contributed by atoms with Crippen molar-refractivity contribution < 1.29 is 48.3 Å². The Balaban J connectivity index is 1.63. The van der Waals surface area contributed by atoms with Gasteiger partial charge in [-0.1, -0.05) is 60.7 Å². The second-order valence-corrected chi connectivity index (χ2v) is 12.1. The number of hydrogen-bond donors (Lipinski definition) is 10. The molecule has 1 saturated heterocycles. The molecule has 12 N–H and O–H groups in total. The molecule has 19 nitrogen and oxygen atoms in total. The normalized spacial score (nSPS) is 15.6. The van der Waals surface area contributed by atoms with Crippen molar-refractivity contribution in [3.63, 3.8) is 0 Å². The summed E-state index contributed by atoms with van der Waals surface area (Å²) >= 11 is 0. The molecule has 3 rings (SSSR count). The lowest BCUT2D eigenvalue weighted by atomic mass is 10.0. The summed E-state index contributed by atoms with van der Waals surface area (Å²) in [5, 5.41) is 26.2. The van der Waals surface area contributed by atoms with Crippen molar-refractivity contribution in [2.24, 2.45) is 11.5 Å². The molecule has 2 aromatic rings. The first-order valence-corrected chi connectivity index (χ1v) is 16.6. The van der Waals surface area contributed by atoms with E-state index in [-0.39, 0.29) is 31.6 Å². The van der Waals surface area contributed by atoms with Gasteiger partial charge in [-0.05, 0) is 17.5 Å². The molecule has 0 saturated carbocycles. The molecule has 0 aromatic heterocycles. The van der Waals surface area contributed by atoms with Crippen LogP contribution in [0.2, 0.25) is 0 Å². The highest BCUT2D eigenvalue weighted by atomic mass is 16.3. The summed E-state index contributed by atoms with van der Waals surface area (Å²) in [5.41, 5.74) is 12.2. The van der Waals surface area contributed by atoms with Gasteiger partial charge in [-0.2, -0.15) is 0 Å². The zero-order valence-corrected chi connectivity index (χ0v) is 28.6. The van der Waals surface area contributed by atoms with Gasteiger partial charge in [-0.15, -0.1) is 0 Å². The van der Waals surface area contributed by atoms with Crippen LogP contribution in [0.3, 0.4) is 0 Å². The minimum absolute atomic E-state index is 0.0596. The van der Waals surface area contributed by atoms with Gasteiger partial charge >= 0.3 is 0 Å². The maximum absolute atomic E-state index is 13.5. The van der Waals surface area contributed by atoms with E-state index >= 15 is 0 Å². The molecular formula is C34H43N9O10. The molecule has 53 heavy (non-hydrogen) atoms. The van der Waals surface area contributed by atoms with Gasteiger partial charge in [-0.25, -0.2) is 0 Å². The first kappa shape index (κ1) is 41.1. The molecule has 284 valence electrons. The van der Waals surface area contributed by atoms with Crippen molar-refractivity contribution in [3.8, 4) is 0 Å². The molecule has 1 fully saturated rings. The van der Waals surface area contributed by atoms with Crippen molar-refractivity contribution in [2.45, 2.75) is 62.3 Å². The average Bonchev–Trinajstić information content (AvgIpc) is 3.57. The fraction of sp³-hybridized carbons (Fsp3) is 0.382. The predicted molar refractivity (Wildman–Crippen MR) is 185 cm³/mol. The van der Waals surface area contributed by atoms with Crippen LogP contribution in [-0.2, 0) is 56.0 Å². The van der Waals surface area contributed by atoms with E-state index in [0.717, 1.165) is 0 Å². The van der Waals surface area contributed by atoms with Gasteiger partial charge in [0.15, 0.2) is 0 Å². The number of rotatable bonds is 20. The highest BCUT2D eigenvalue weighted by Gasteiger charge is 2.32. The van der Waals surface area contributed by atoms with Crippen LogP contribution in [0.15, 0.2) is 60.7 Å². The van der Waals surface area contributed by atoms with Gasteiger partial charge in [0.05, 0.1) is 26.1 Å². The van der Waals surface area contributed by atoms with Crippen LogP contribution < -0.4 is 48.7 Å². The van der Waals surface area contributed by atoms with Gasteiger partial charge in [0.1, 0.15) is 30.2 Å². The molecule has 2 aromatic carbocycles. The Morgan fingerprint density at radius 1 is 0.679 bits per heavy atom. The Kier molecular flexibility index (Phi) is 15.9. The van der Waals surface area contributed by atoms with Gasteiger partial charge in [0.2, 0.25) is 53.2 Å². The third-order valence-electron chi connectivity index (χ3n) is 7.91. The Morgan fingerprint density at radius 2 is 1.19 bits per heavy atom. The fourth-order valence-corrected chi connectivity index (χ4v) is 5.14. The fourth-order valence-electron chi connectivity index (χ4n) is 5.14. The first-order chi connectivity index (χ1) is 25.2. The average molecular weight is 738 g/mol. The summed E-state index contributed by atoms with van der Waals surface area (Å²) in [4.78, 5) is 112. The lowest BCUT2D eigenvalue weighted by molar-refractivity contribution is -0.136. The van der Waals surface area contributed by atoms with Crippen LogP contribution in [-0.4, -0.2) is 108 Å². The Labute approximate surface area is 303 Å². The van der Waals surface area contributed by atoms with Crippen molar-refractivity contribution in [1.82, 2.24) is 37.2 Å². The number of primary amides is 2. The van der Waals surface area contributed by atoms with Crippen molar-refractivity contribution in [1.29, 1.82) is 0 Å². The molecule has 1 heterocycles. The smallest absolute Gasteiger partial charge is 0.245 e. The zero-order valence-electron chi connectivity index (χ0n) is 28.6. The molecule has 0 unspecified atom stereocenters. The molecule has 0 bridgehead atoms. The maximum Gasteiger partial charge on any atom is 0.245 e. The summed E-state index contributed by atoms with van der Waals surface area (Å²) in [6.45, 7) is -2.14. The highest BCUT2D eigenvalue weighted by molar-refractivity contribution is 5.98. The summed E-state index contributed by atoms with van der Waals surface area (Å²) in [5.74, 6) is -7.34. The molecule has 0 radical (unpaired) electrons. The third-order valence-corrected chi connectivity index (χ3v) is 7.91. The number of carbonyl (C=O) groups excluding carboxylic acids is 9. The van der Waals surface area contributed by atoms with Crippen molar-refractivity contribution in [2.75, 3.05) is 19.7 Å². The van der Waals surface area contributed by atoms with Gasteiger partial charge in [-0.3, -0.25) is 43.2 Å². The van der Waals surface area contributed by atoms with E-state index in [9.17, 15) is 48.3 Å². The predicted octanol–water partition coefficient (Wildman–Crippen LogP) is -4.73. The topological polar surface area (TPSA) is 310 Å². The Bertz CT molecular complexity index is 1660. The standard InChI is InChI=1S/C34H43N9O10/c35-26(45)15-24(43-34(53)25(18-44)40-29(48)17-37-28(47)16-38-31(50)21-11-12-27(46)39-21)33(52)42-23(14-20-9-5-2-6-10-20)32(51)41-22(30(36)49)13-19-7-3-1-4-8-19/h1-10,21-25,44H,11-18H2,(H2,35,45)(H2,36,49)(H,37,47)(H,38,50)(H,39,46)(H,40,48)(H,41,51)(H,42,52)(H,43,53)/t21-,22-,23-,24-,25-/m0/s1. The second kappa shape index (κ2) is 20.5. The lowest BCUT2D eigenvalue weighted by Gasteiger charge is -2.25.